The van der Waals surface area contributed by atoms with Gasteiger partial charge in [-0.25, -0.2) is 9.59 Å². The minimum absolute atomic E-state index is 0.404. The Balaban J connectivity index is 2.37. The topological polar surface area (TPSA) is 65.1 Å². The van der Waals surface area contributed by atoms with E-state index in [0.29, 0.717) is 0 Å². The van der Waals surface area contributed by atoms with Gasteiger partial charge in [0.15, 0.2) is 5.60 Å². The van der Waals surface area contributed by atoms with Crippen LogP contribution in [0.3, 0.4) is 0 Å². The largest absolute Gasteiger partial charge is 0.466 e. The molecule has 13 heavy (non-hydrogen) atoms. The lowest BCUT2D eigenvalue weighted by Gasteiger charge is -2.08. The molecule has 0 radical (unpaired) electrons. The molecule has 0 aromatic heterocycles. The molecule has 0 saturated carbocycles. The predicted octanol–water partition coefficient (Wildman–Crippen LogP) is -0.368. The minimum atomic E-state index is -1.48. The summed E-state index contributed by atoms with van der Waals surface area (Å²) in [5.41, 5.74) is -2.32. The molecule has 0 aromatic carbocycles. The lowest BCUT2D eigenvalue weighted by molar-refractivity contribution is -0.163. The fraction of sp³-hybridized carbons (Fsp3) is 0.750. The second kappa shape index (κ2) is 2.04. The number of methoxy groups -OCH3 is 1. The first-order valence-corrected chi connectivity index (χ1v) is 3.98. The molecular weight excluding hydrogens is 176 g/mol. The molecule has 5 nitrogen and oxygen atoms in total. The fourth-order valence-corrected chi connectivity index (χ4v) is 1.73. The van der Waals surface area contributed by atoms with E-state index in [1.54, 1.807) is 13.8 Å². The van der Waals surface area contributed by atoms with Crippen molar-refractivity contribution in [3.63, 3.8) is 0 Å². The van der Waals surface area contributed by atoms with Crippen LogP contribution in [0.4, 0.5) is 0 Å². The Morgan fingerprint density at radius 2 is 2.23 bits per heavy atom. The minimum Gasteiger partial charge on any atom is -0.466 e. The van der Waals surface area contributed by atoms with E-state index in [0.717, 1.165) is 0 Å². The van der Waals surface area contributed by atoms with Crippen molar-refractivity contribution in [1.29, 1.82) is 0 Å². The van der Waals surface area contributed by atoms with E-state index in [2.05, 4.69) is 4.74 Å². The van der Waals surface area contributed by atoms with Crippen molar-refractivity contribution in [3.8, 4) is 0 Å². The third-order valence-corrected chi connectivity index (χ3v) is 2.84. The van der Waals surface area contributed by atoms with Gasteiger partial charge in [-0.1, -0.05) is 0 Å². The monoisotopic (exact) mass is 186 g/mol. The van der Waals surface area contributed by atoms with Gasteiger partial charge in [-0.05, 0) is 13.8 Å². The standard InChI is InChI=1S/C8H10O5/c1-4-7(2)8(13-7,5(9)11-3)6(10)12-4/h4H,1-3H3/t4?,7-,8+/m1/s1. The molecular formula is C8H10O5. The van der Waals surface area contributed by atoms with E-state index >= 15 is 0 Å². The Hall–Kier alpha value is -1.10. The summed E-state index contributed by atoms with van der Waals surface area (Å²) in [5, 5.41) is 0. The van der Waals surface area contributed by atoms with Crippen molar-refractivity contribution >= 4 is 11.9 Å². The normalized spacial score (nSPS) is 46.7. The summed E-state index contributed by atoms with van der Waals surface area (Å²) in [7, 11) is 1.22. The van der Waals surface area contributed by atoms with Gasteiger partial charge in [0.25, 0.3) is 5.60 Å². The number of esters is 2. The molecule has 2 fully saturated rings. The molecule has 1 unspecified atom stereocenters. The SMILES string of the molecule is COC(=O)[C@@]12O[C@]1(C)C(C)OC2=O. The van der Waals surface area contributed by atoms with Crippen LogP contribution in [0, 0.1) is 0 Å². The Labute approximate surface area is 74.9 Å². The van der Waals surface area contributed by atoms with Crippen molar-refractivity contribution in [2.45, 2.75) is 31.2 Å². The Bertz CT molecular complexity index is 289. The zero-order valence-corrected chi connectivity index (χ0v) is 7.62. The average Bonchev–Trinajstić information content (AvgIpc) is 2.68. The molecule has 0 aromatic rings. The summed E-state index contributed by atoms with van der Waals surface area (Å²) in [5.74, 6) is -1.32. The van der Waals surface area contributed by atoms with Gasteiger partial charge in [-0.3, -0.25) is 0 Å². The number of fused-ring (bicyclic) bond motifs is 1. The molecule has 2 saturated heterocycles. The van der Waals surface area contributed by atoms with Crippen LogP contribution in [-0.4, -0.2) is 36.4 Å². The van der Waals surface area contributed by atoms with Gasteiger partial charge in [0.2, 0.25) is 0 Å². The molecule has 2 rings (SSSR count). The zero-order chi connectivity index (χ0) is 9.85. The van der Waals surface area contributed by atoms with Crippen LogP contribution in [0.25, 0.3) is 0 Å². The van der Waals surface area contributed by atoms with Crippen molar-refractivity contribution < 1.29 is 23.8 Å². The molecule has 2 aliphatic rings. The third-order valence-electron chi connectivity index (χ3n) is 2.84. The highest BCUT2D eigenvalue weighted by molar-refractivity contribution is 6.10. The third kappa shape index (κ3) is 0.670. The molecule has 72 valence electrons. The highest BCUT2D eigenvalue weighted by Crippen LogP contribution is 2.57. The van der Waals surface area contributed by atoms with Crippen LogP contribution in [0.2, 0.25) is 0 Å². The van der Waals surface area contributed by atoms with Gasteiger partial charge in [-0.2, -0.15) is 0 Å². The molecule has 0 spiro atoms. The van der Waals surface area contributed by atoms with Gasteiger partial charge in [0, 0.05) is 0 Å². The Kier molecular flexibility index (Phi) is 1.33. The summed E-state index contributed by atoms with van der Waals surface area (Å²) in [6.07, 6.45) is -0.404. The maximum absolute atomic E-state index is 11.3. The van der Waals surface area contributed by atoms with Crippen LogP contribution in [0.1, 0.15) is 13.8 Å². The first kappa shape index (κ1) is 8.50. The van der Waals surface area contributed by atoms with Gasteiger partial charge >= 0.3 is 11.9 Å². The highest BCUT2D eigenvalue weighted by Gasteiger charge is 2.86. The van der Waals surface area contributed by atoms with Crippen molar-refractivity contribution in [1.82, 2.24) is 0 Å². The first-order valence-electron chi connectivity index (χ1n) is 3.98. The Morgan fingerprint density at radius 3 is 2.54 bits per heavy atom. The maximum atomic E-state index is 11.3. The van der Waals surface area contributed by atoms with Gasteiger partial charge < -0.3 is 14.2 Å². The van der Waals surface area contributed by atoms with E-state index in [4.69, 9.17) is 9.47 Å². The quantitative estimate of drug-likeness (QED) is 0.317. The second-order valence-electron chi connectivity index (χ2n) is 3.43. The Morgan fingerprint density at radius 1 is 1.62 bits per heavy atom. The summed E-state index contributed by atoms with van der Waals surface area (Å²) in [6, 6.07) is 0. The molecule has 3 atom stereocenters. The van der Waals surface area contributed by atoms with E-state index in [-0.39, 0.29) is 0 Å². The summed E-state index contributed by atoms with van der Waals surface area (Å²) >= 11 is 0. The first-order chi connectivity index (χ1) is 5.99. The summed E-state index contributed by atoms with van der Waals surface area (Å²) in [4.78, 5) is 22.6. The van der Waals surface area contributed by atoms with Crippen LogP contribution in [0.15, 0.2) is 0 Å². The van der Waals surface area contributed by atoms with E-state index in [1.165, 1.54) is 7.11 Å². The van der Waals surface area contributed by atoms with Crippen LogP contribution < -0.4 is 0 Å². The van der Waals surface area contributed by atoms with Crippen molar-refractivity contribution in [3.05, 3.63) is 0 Å². The number of carbonyl (C=O) groups is 2. The molecule has 0 N–H and O–H groups in total. The fourth-order valence-electron chi connectivity index (χ4n) is 1.73. The molecule has 0 amide bonds. The average molecular weight is 186 g/mol. The van der Waals surface area contributed by atoms with Crippen LogP contribution in [0.5, 0.6) is 0 Å². The molecule has 5 heteroatoms. The van der Waals surface area contributed by atoms with E-state index < -0.39 is 29.2 Å². The van der Waals surface area contributed by atoms with Gasteiger partial charge in [-0.15, -0.1) is 0 Å². The number of rotatable bonds is 1. The number of hydrogen-bond donors (Lipinski definition) is 0. The number of epoxide rings is 1. The number of hydrogen-bond acceptors (Lipinski definition) is 5. The summed E-state index contributed by atoms with van der Waals surface area (Å²) < 4.78 is 14.5. The summed E-state index contributed by atoms with van der Waals surface area (Å²) in [6.45, 7) is 3.36. The van der Waals surface area contributed by atoms with Gasteiger partial charge in [0.05, 0.1) is 7.11 Å². The van der Waals surface area contributed by atoms with Crippen LogP contribution >= 0.6 is 0 Å². The van der Waals surface area contributed by atoms with Crippen LogP contribution in [-0.2, 0) is 23.8 Å². The van der Waals surface area contributed by atoms with Crippen molar-refractivity contribution in [2.24, 2.45) is 0 Å². The zero-order valence-electron chi connectivity index (χ0n) is 7.62. The molecule has 2 aliphatic heterocycles. The second-order valence-corrected chi connectivity index (χ2v) is 3.43. The van der Waals surface area contributed by atoms with E-state index in [9.17, 15) is 9.59 Å². The van der Waals surface area contributed by atoms with Gasteiger partial charge in [0.1, 0.15) is 6.10 Å². The maximum Gasteiger partial charge on any atom is 0.354 e. The molecule has 0 bridgehead atoms. The number of carbonyl (C=O) groups excluding carboxylic acids is 2. The molecule has 2 heterocycles. The highest BCUT2D eigenvalue weighted by atomic mass is 16.7. The predicted molar refractivity (Wildman–Crippen MR) is 39.8 cm³/mol. The smallest absolute Gasteiger partial charge is 0.354 e. The molecule has 0 aliphatic carbocycles. The number of cyclic esters (lactones) is 1. The lowest BCUT2D eigenvalue weighted by Crippen LogP contribution is -2.37. The van der Waals surface area contributed by atoms with E-state index in [1.807, 2.05) is 0 Å². The lowest BCUT2D eigenvalue weighted by atomic mass is 9.93. The number of ether oxygens (including phenoxy) is 3. The van der Waals surface area contributed by atoms with Crippen molar-refractivity contribution in [2.75, 3.05) is 7.11 Å².